The molecule has 0 spiro atoms. The summed E-state index contributed by atoms with van der Waals surface area (Å²) in [4.78, 5) is 28.0. The molecule has 2 aromatic heterocycles. The molecule has 0 atom stereocenters. The number of primary amides is 1. The molecule has 0 radical (unpaired) electrons. The number of nitrogens with one attached hydrogen (secondary N) is 1. The monoisotopic (exact) mass is 423 g/mol. The van der Waals surface area contributed by atoms with Crippen molar-refractivity contribution >= 4 is 17.5 Å². The second-order valence-electron chi connectivity index (χ2n) is 7.80. The predicted octanol–water partition coefficient (Wildman–Crippen LogP) is 2.30. The van der Waals surface area contributed by atoms with Gasteiger partial charge in [-0.1, -0.05) is 0 Å². The summed E-state index contributed by atoms with van der Waals surface area (Å²) in [5.74, 6) is -2.18. The van der Waals surface area contributed by atoms with Crippen LogP contribution in [0.15, 0.2) is 18.3 Å². The Morgan fingerprint density at radius 2 is 2.00 bits per heavy atom. The minimum absolute atomic E-state index is 0.0537. The highest BCUT2D eigenvalue weighted by molar-refractivity contribution is 6.05. The van der Waals surface area contributed by atoms with E-state index in [0.29, 0.717) is 25.7 Å². The minimum Gasteiger partial charge on any atom is -0.393 e. The summed E-state index contributed by atoms with van der Waals surface area (Å²) < 4.78 is 42.9. The van der Waals surface area contributed by atoms with Crippen LogP contribution in [0.3, 0.4) is 0 Å². The molecule has 2 fully saturated rings. The van der Waals surface area contributed by atoms with Crippen molar-refractivity contribution in [1.82, 2.24) is 14.8 Å². The molecule has 30 heavy (non-hydrogen) atoms. The van der Waals surface area contributed by atoms with Gasteiger partial charge < -0.3 is 16.2 Å². The zero-order valence-corrected chi connectivity index (χ0v) is 15.8. The van der Waals surface area contributed by atoms with E-state index in [1.807, 2.05) is 0 Å². The van der Waals surface area contributed by atoms with Crippen molar-refractivity contribution in [3.05, 3.63) is 41.0 Å². The molecular formula is C19H20F3N5O3. The number of aliphatic hydroxyl groups excluding tert-OH is 1. The third-order valence-electron chi connectivity index (χ3n) is 5.35. The van der Waals surface area contributed by atoms with E-state index in [0.717, 1.165) is 4.68 Å². The van der Waals surface area contributed by atoms with E-state index in [1.54, 1.807) is 0 Å². The summed E-state index contributed by atoms with van der Waals surface area (Å²) in [5, 5.41) is 16.1. The maximum absolute atomic E-state index is 13.9. The van der Waals surface area contributed by atoms with Gasteiger partial charge in [-0.3, -0.25) is 19.3 Å². The number of rotatable bonds is 6. The number of nitrogens with zero attached hydrogens (tertiary/aromatic N) is 3. The van der Waals surface area contributed by atoms with Crippen molar-refractivity contribution in [2.75, 3.05) is 5.32 Å². The Morgan fingerprint density at radius 3 is 2.57 bits per heavy atom. The Kier molecular flexibility index (Phi) is 5.00. The lowest BCUT2D eigenvalue weighted by Gasteiger charge is -2.31. The van der Waals surface area contributed by atoms with Crippen LogP contribution in [0.4, 0.5) is 18.9 Å². The molecule has 4 N–H and O–H groups in total. The Labute approximate surface area is 169 Å². The van der Waals surface area contributed by atoms with E-state index in [2.05, 4.69) is 15.4 Å². The number of halogens is 3. The van der Waals surface area contributed by atoms with Gasteiger partial charge in [0.15, 0.2) is 0 Å². The third-order valence-corrected chi connectivity index (χ3v) is 5.35. The first-order valence-electron chi connectivity index (χ1n) is 9.56. The number of amides is 2. The fraction of sp³-hybridized carbons (Fsp3) is 0.474. The standard InChI is InChI=1S/C19H20F3N5O3/c20-19(21,22)14-15(10-1-2-10)26-27(8-9-5-12(28)6-9)16(14)18(30)25-11-3-4-24-13(7-11)17(23)29/h3-4,7,9-10,12,28H,1-2,5-6,8H2,(H2,23,29)(H,24,25,30). The van der Waals surface area contributed by atoms with Gasteiger partial charge in [0.1, 0.15) is 17.0 Å². The summed E-state index contributed by atoms with van der Waals surface area (Å²) in [6, 6.07) is 2.54. The summed E-state index contributed by atoms with van der Waals surface area (Å²) in [6.07, 6.45) is -1.91. The number of pyridine rings is 1. The van der Waals surface area contributed by atoms with Crippen LogP contribution in [0, 0.1) is 5.92 Å². The van der Waals surface area contributed by atoms with Crippen molar-refractivity contribution in [3.63, 3.8) is 0 Å². The Hall–Kier alpha value is -2.95. The number of carbonyl (C=O) groups excluding carboxylic acids is 2. The number of nitrogens with two attached hydrogens (primary N) is 1. The summed E-state index contributed by atoms with van der Waals surface area (Å²) >= 11 is 0. The van der Waals surface area contributed by atoms with Crippen LogP contribution in [0.1, 0.15) is 63.8 Å². The molecular weight excluding hydrogens is 403 g/mol. The van der Waals surface area contributed by atoms with Gasteiger partial charge in [-0.2, -0.15) is 18.3 Å². The topological polar surface area (TPSA) is 123 Å². The zero-order valence-electron chi connectivity index (χ0n) is 15.8. The number of carbonyl (C=O) groups is 2. The van der Waals surface area contributed by atoms with Crippen LogP contribution >= 0.6 is 0 Å². The van der Waals surface area contributed by atoms with E-state index in [9.17, 15) is 27.9 Å². The highest BCUT2D eigenvalue weighted by atomic mass is 19.4. The number of alkyl halides is 3. The number of aromatic nitrogens is 3. The molecule has 2 heterocycles. The van der Waals surface area contributed by atoms with E-state index in [1.165, 1.54) is 18.3 Å². The van der Waals surface area contributed by atoms with Gasteiger partial charge in [-0.15, -0.1) is 0 Å². The van der Waals surface area contributed by atoms with Crippen molar-refractivity contribution in [2.24, 2.45) is 11.7 Å². The average Bonchev–Trinajstić information content (AvgIpc) is 3.40. The quantitative estimate of drug-likeness (QED) is 0.658. The van der Waals surface area contributed by atoms with Gasteiger partial charge in [-0.25, -0.2) is 0 Å². The highest BCUT2D eigenvalue weighted by Gasteiger charge is 2.46. The van der Waals surface area contributed by atoms with Crippen LogP contribution < -0.4 is 11.1 Å². The molecule has 0 unspecified atom stereocenters. The predicted molar refractivity (Wildman–Crippen MR) is 98.6 cm³/mol. The van der Waals surface area contributed by atoms with Gasteiger partial charge in [0, 0.05) is 24.3 Å². The number of hydrogen-bond acceptors (Lipinski definition) is 5. The maximum atomic E-state index is 13.9. The summed E-state index contributed by atoms with van der Waals surface area (Å²) in [6.45, 7) is 0.110. The van der Waals surface area contributed by atoms with E-state index >= 15 is 0 Å². The summed E-state index contributed by atoms with van der Waals surface area (Å²) in [5.41, 5.74) is 3.43. The smallest absolute Gasteiger partial charge is 0.393 e. The molecule has 0 aliphatic heterocycles. The van der Waals surface area contributed by atoms with Crippen LogP contribution in [-0.4, -0.2) is 37.8 Å². The highest BCUT2D eigenvalue weighted by Crippen LogP contribution is 2.47. The van der Waals surface area contributed by atoms with Gasteiger partial charge in [0.25, 0.3) is 11.8 Å². The molecule has 2 aliphatic carbocycles. The Bertz CT molecular complexity index is 994. The Balaban J connectivity index is 1.71. The lowest BCUT2D eigenvalue weighted by Crippen LogP contribution is -2.33. The molecule has 2 aliphatic rings. The molecule has 11 heteroatoms. The van der Waals surface area contributed by atoms with Crippen LogP contribution in [-0.2, 0) is 12.7 Å². The first-order chi connectivity index (χ1) is 14.1. The van der Waals surface area contributed by atoms with Crippen molar-refractivity contribution in [2.45, 2.75) is 50.4 Å². The van der Waals surface area contributed by atoms with Gasteiger partial charge >= 0.3 is 6.18 Å². The molecule has 0 saturated heterocycles. The van der Waals surface area contributed by atoms with Crippen LogP contribution in [0.25, 0.3) is 0 Å². The minimum atomic E-state index is -4.75. The molecule has 4 rings (SSSR count). The molecule has 2 saturated carbocycles. The average molecular weight is 423 g/mol. The zero-order chi connectivity index (χ0) is 21.6. The molecule has 160 valence electrons. The van der Waals surface area contributed by atoms with Crippen molar-refractivity contribution < 1.29 is 27.9 Å². The van der Waals surface area contributed by atoms with Crippen LogP contribution in [0.2, 0.25) is 0 Å². The SMILES string of the molecule is NC(=O)c1cc(NC(=O)c2c(C(F)(F)F)c(C3CC3)nn2CC2CC(O)C2)ccn1. The fourth-order valence-corrected chi connectivity index (χ4v) is 3.69. The first-order valence-corrected chi connectivity index (χ1v) is 9.56. The van der Waals surface area contributed by atoms with Crippen molar-refractivity contribution in [3.8, 4) is 0 Å². The second kappa shape index (κ2) is 7.38. The molecule has 2 amide bonds. The normalized spacial score (nSPS) is 21.2. The lowest BCUT2D eigenvalue weighted by molar-refractivity contribution is -0.138. The third kappa shape index (κ3) is 4.02. The van der Waals surface area contributed by atoms with Gasteiger partial charge in [0.2, 0.25) is 0 Å². The van der Waals surface area contributed by atoms with Gasteiger partial charge in [0.05, 0.1) is 11.8 Å². The second-order valence-corrected chi connectivity index (χ2v) is 7.80. The first kappa shape index (κ1) is 20.3. The van der Waals surface area contributed by atoms with E-state index in [4.69, 9.17) is 5.73 Å². The Morgan fingerprint density at radius 1 is 1.30 bits per heavy atom. The maximum Gasteiger partial charge on any atom is 0.420 e. The molecule has 0 aromatic carbocycles. The molecule has 8 nitrogen and oxygen atoms in total. The van der Waals surface area contributed by atoms with E-state index < -0.39 is 35.4 Å². The molecule has 2 aromatic rings. The van der Waals surface area contributed by atoms with Gasteiger partial charge in [-0.05, 0) is 43.7 Å². The fourth-order valence-electron chi connectivity index (χ4n) is 3.69. The van der Waals surface area contributed by atoms with E-state index in [-0.39, 0.29) is 35.5 Å². The number of aliphatic hydroxyl groups is 1. The van der Waals surface area contributed by atoms with Crippen molar-refractivity contribution in [1.29, 1.82) is 0 Å². The van der Waals surface area contributed by atoms with Crippen LogP contribution in [0.5, 0.6) is 0 Å². The number of hydrogen-bond donors (Lipinski definition) is 3. The summed E-state index contributed by atoms with van der Waals surface area (Å²) in [7, 11) is 0. The number of anilines is 1. The lowest BCUT2D eigenvalue weighted by atomic mass is 9.82. The largest absolute Gasteiger partial charge is 0.420 e. The molecule has 0 bridgehead atoms.